The van der Waals surface area contributed by atoms with E-state index in [1.165, 1.54) is 0 Å². The van der Waals surface area contributed by atoms with Gasteiger partial charge in [-0.1, -0.05) is 24.3 Å². The molecule has 2 aliphatic rings. The highest BCUT2D eigenvalue weighted by atomic mass is 16.5. The van der Waals surface area contributed by atoms with E-state index in [1.54, 1.807) is 9.58 Å². The van der Waals surface area contributed by atoms with Crippen LogP contribution in [0.4, 0.5) is 0 Å². The summed E-state index contributed by atoms with van der Waals surface area (Å²) in [6.45, 7) is 8.02. The molecule has 0 spiro atoms. The summed E-state index contributed by atoms with van der Waals surface area (Å²) in [5, 5.41) is 18.2. The Balaban J connectivity index is 1.50. The molecule has 10 nitrogen and oxygen atoms in total. The Morgan fingerprint density at radius 1 is 1.25 bits per heavy atom. The number of aromatic nitrogens is 3. The van der Waals surface area contributed by atoms with Gasteiger partial charge in [-0.15, -0.1) is 5.10 Å². The quantitative estimate of drug-likeness (QED) is 0.642. The van der Waals surface area contributed by atoms with E-state index in [1.807, 2.05) is 25.3 Å². The summed E-state index contributed by atoms with van der Waals surface area (Å²) in [5.41, 5.74) is 1.85. The molecule has 0 unspecified atom stereocenters. The van der Waals surface area contributed by atoms with Gasteiger partial charge in [0, 0.05) is 50.5 Å². The molecular formula is C26H39N5O5. The second-order valence-corrected chi connectivity index (χ2v) is 9.97. The largest absolute Gasteiger partial charge is 0.490 e. The van der Waals surface area contributed by atoms with Gasteiger partial charge in [0.25, 0.3) is 0 Å². The number of hydrogen-bond acceptors (Lipinski definition) is 8. The average Bonchev–Trinajstić information content (AvgIpc) is 3.18. The van der Waals surface area contributed by atoms with Crippen LogP contribution in [0.1, 0.15) is 44.4 Å². The van der Waals surface area contributed by atoms with Crippen molar-refractivity contribution in [2.75, 3.05) is 40.0 Å². The van der Waals surface area contributed by atoms with Crippen molar-refractivity contribution in [3.05, 3.63) is 35.7 Å². The fourth-order valence-electron chi connectivity index (χ4n) is 4.73. The molecule has 0 aliphatic carbocycles. The van der Waals surface area contributed by atoms with Crippen molar-refractivity contribution < 1.29 is 24.1 Å². The Labute approximate surface area is 213 Å². The van der Waals surface area contributed by atoms with Gasteiger partial charge in [0.15, 0.2) is 11.5 Å². The zero-order valence-electron chi connectivity index (χ0n) is 21.6. The van der Waals surface area contributed by atoms with Crippen LogP contribution in [-0.4, -0.2) is 87.9 Å². The third-order valence-corrected chi connectivity index (χ3v) is 6.83. The van der Waals surface area contributed by atoms with Crippen LogP contribution in [-0.2, 0) is 29.2 Å². The van der Waals surface area contributed by atoms with Crippen LogP contribution in [0.2, 0.25) is 0 Å². The Morgan fingerprint density at radius 3 is 2.92 bits per heavy atom. The monoisotopic (exact) mass is 501 g/mol. The summed E-state index contributed by atoms with van der Waals surface area (Å²) in [5.74, 6) is 1.68. The van der Waals surface area contributed by atoms with Crippen LogP contribution in [0.3, 0.4) is 0 Å². The smallest absolute Gasteiger partial charge is 0.222 e. The average molecular weight is 502 g/mol. The van der Waals surface area contributed by atoms with Gasteiger partial charge in [-0.05, 0) is 26.5 Å². The van der Waals surface area contributed by atoms with Crippen molar-refractivity contribution in [3.8, 4) is 11.5 Å². The maximum absolute atomic E-state index is 13.1. The SMILES string of the molecule is C[C@H]1CN([C@@H](C)CO)C(=O)CCCn2cc(nn2)CO[C@H]1CN(C)Cc1cccc2c1OCCCO2. The van der Waals surface area contributed by atoms with Crippen LogP contribution < -0.4 is 9.47 Å². The fraction of sp³-hybridized carbons (Fsp3) is 0.654. The van der Waals surface area contributed by atoms with Gasteiger partial charge < -0.3 is 24.2 Å². The van der Waals surface area contributed by atoms with Crippen LogP contribution in [0.25, 0.3) is 0 Å². The number of rotatable bonds is 6. The highest BCUT2D eigenvalue weighted by molar-refractivity contribution is 5.76. The summed E-state index contributed by atoms with van der Waals surface area (Å²) in [4.78, 5) is 17.1. The van der Waals surface area contributed by atoms with Crippen molar-refractivity contribution in [2.24, 2.45) is 5.92 Å². The lowest BCUT2D eigenvalue weighted by Gasteiger charge is -2.35. The molecule has 0 saturated heterocycles. The third kappa shape index (κ3) is 6.74. The van der Waals surface area contributed by atoms with E-state index in [0.29, 0.717) is 58.8 Å². The number of para-hydroxylation sites is 1. The first kappa shape index (κ1) is 26.4. The second-order valence-electron chi connectivity index (χ2n) is 9.97. The predicted octanol–water partition coefficient (Wildman–Crippen LogP) is 2.10. The second kappa shape index (κ2) is 12.5. The zero-order chi connectivity index (χ0) is 25.5. The van der Waals surface area contributed by atoms with Gasteiger partial charge in [0.05, 0.1) is 44.8 Å². The van der Waals surface area contributed by atoms with Crippen molar-refractivity contribution in [2.45, 2.75) is 65.0 Å². The van der Waals surface area contributed by atoms with Crippen LogP contribution in [0, 0.1) is 5.92 Å². The number of hydrogen-bond donors (Lipinski definition) is 1. The minimum absolute atomic E-state index is 0.0358. The molecule has 198 valence electrons. The van der Waals surface area contributed by atoms with E-state index in [4.69, 9.17) is 14.2 Å². The van der Waals surface area contributed by atoms with Crippen LogP contribution in [0.15, 0.2) is 24.4 Å². The molecule has 1 amide bonds. The highest BCUT2D eigenvalue weighted by Gasteiger charge is 2.28. The van der Waals surface area contributed by atoms with Crippen molar-refractivity contribution in [1.82, 2.24) is 24.8 Å². The molecule has 36 heavy (non-hydrogen) atoms. The van der Waals surface area contributed by atoms with E-state index >= 15 is 0 Å². The molecule has 1 aromatic carbocycles. The number of benzene rings is 1. The standard InChI is InChI=1S/C26H39N5O5/c1-19-13-31(20(2)17-32)25(33)9-5-10-30-15-22(27-28-30)18-36-24(19)16-29(3)14-21-7-4-8-23-26(21)35-12-6-11-34-23/h4,7-8,15,19-20,24,32H,5-6,9-14,16-18H2,1-3H3/t19-,20-,24-/m0/s1. The Morgan fingerprint density at radius 2 is 2.08 bits per heavy atom. The zero-order valence-corrected chi connectivity index (χ0v) is 21.6. The molecular weight excluding hydrogens is 462 g/mol. The molecule has 0 fully saturated rings. The molecule has 1 aromatic heterocycles. The molecule has 2 aromatic rings. The van der Waals surface area contributed by atoms with Crippen molar-refractivity contribution >= 4 is 5.91 Å². The maximum atomic E-state index is 13.1. The van der Waals surface area contributed by atoms with Gasteiger partial charge in [0.2, 0.25) is 5.91 Å². The van der Waals surface area contributed by atoms with E-state index in [0.717, 1.165) is 29.2 Å². The number of likely N-dealkylation sites (N-methyl/N-ethyl adjacent to an activating group) is 1. The van der Waals surface area contributed by atoms with E-state index < -0.39 is 0 Å². The first-order chi connectivity index (χ1) is 17.4. The first-order valence-corrected chi connectivity index (χ1v) is 12.9. The van der Waals surface area contributed by atoms with Crippen LogP contribution >= 0.6 is 0 Å². The van der Waals surface area contributed by atoms with Crippen LogP contribution in [0.5, 0.6) is 11.5 Å². The number of carbonyl (C=O) groups excluding carboxylic acids is 1. The number of aryl methyl sites for hydroxylation is 1. The molecule has 3 atom stereocenters. The van der Waals surface area contributed by atoms with Gasteiger partial charge in [-0.3, -0.25) is 14.4 Å². The molecule has 1 N–H and O–H groups in total. The molecule has 0 saturated carbocycles. The fourth-order valence-corrected chi connectivity index (χ4v) is 4.73. The predicted molar refractivity (Wildman–Crippen MR) is 134 cm³/mol. The minimum Gasteiger partial charge on any atom is -0.490 e. The number of fused-ring (bicyclic) bond motifs is 3. The topological polar surface area (TPSA) is 102 Å². The lowest BCUT2D eigenvalue weighted by molar-refractivity contribution is -0.136. The molecule has 2 bridgehead atoms. The van der Waals surface area contributed by atoms with E-state index in [2.05, 4.69) is 35.2 Å². The maximum Gasteiger partial charge on any atom is 0.222 e. The normalized spacial score (nSPS) is 22.4. The summed E-state index contributed by atoms with van der Waals surface area (Å²) in [6.07, 6.45) is 3.66. The number of amides is 1. The molecule has 0 radical (unpaired) electrons. The molecule has 4 rings (SSSR count). The first-order valence-electron chi connectivity index (χ1n) is 12.9. The van der Waals surface area contributed by atoms with E-state index in [9.17, 15) is 9.90 Å². The number of carbonyl (C=O) groups is 1. The molecule has 3 heterocycles. The van der Waals surface area contributed by atoms with Crippen molar-refractivity contribution in [3.63, 3.8) is 0 Å². The summed E-state index contributed by atoms with van der Waals surface area (Å²) in [7, 11) is 2.06. The van der Waals surface area contributed by atoms with Gasteiger partial charge in [-0.2, -0.15) is 0 Å². The number of nitrogens with zero attached hydrogens (tertiary/aromatic N) is 5. The number of aliphatic hydroxyl groups is 1. The number of aliphatic hydroxyl groups excluding tert-OH is 1. The number of ether oxygens (including phenoxy) is 3. The van der Waals surface area contributed by atoms with Gasteiger partial charge in [-0.25, -0.2) is 0 Å². The Hall–Kier alpha value is -2.69. The lowest BCUT2D eigenvalue weighted by atomic mass is 10.0. The minimum atomic E-state index is -0.252. The Kier molecular flexibility index (Phi) is 9.17. The van der Waals surface area contributed by atoms with Crippen molar-refractivity contribution in [1.29, 1.82) is 0 Å². The highest BCUT2D eigenvalue weighted by Crippen LogP contribution is 2.34. The van der Waals surface area contributed by atoms with Gasteiger partial charge >= 0.3 is 0 Å². The molecule has 2 aliphatic heterocycles. The summed E-state index contributed by atoms with van der Waals surface area (Å²) in [6, 6.07) is 5.77. The van der Waals surface area contributed by atoms with E-state index in [-0.39, 0.29) is 30.6 Å². The third-order valence-electron chi connectivity index (χ3n) is 6.83. The lowest BCUT2D eigenvalue weighted by Crippen LogP contribution is -2.47. The van der Waals surface area contributed by atoms with Gasteiger partial charge in [0.1, 0.15) is 5.69 Å². The summed E-state index contributed by atoms with van der Waals surface area (Å²) < 4.78 is 20.0. The summed E-state index contributed by atoms with van der Waals surface area (Å²) >= 11 is 0. The Bertz CT molecular complexity index is 999. The molecule has 10 heteroatoms.